The maximum atomic E-state index is 6.18. The second kappa shape index (κ2) is 7.09. The number of halogens is 2. The molecule has 1 unspecified atom stereocenters. The highest BCUT2D eigenvalue weighted by Crippen LogP contribution is 2.32. The lowest BCUT2D eigenvalue weighted by atomic mass is 9.82. The first-order chi connectivity index (χ1) is 10.5. The molecule has 0 amide bonds. The van der Waals surface area contributed by atoms with Gasteiger partial charge in [-0.2, -0.15) is 0 Å². The van der Waals surface area contributed by atoms with E-state index < -0.39 is 0 Å². The minimum atomic E-state index is 0.671. The molecular formula is C18H26Cl2N2. The first kappa shape index (κ1) is 16.6. The first-order valence-corrected chi connectivity index (χ1v) is 9.18. The van der Waals surface area contributed by atoms with E-state index in [9.17, 15) is 0 Å². The zero-order valence-electron chi connectivity index (χ0n) is 13.6. The van der Waals surface area contributed by atoms with E-state index >= 15 is 0 Å². The Morgan fingerprint density at radius 2 is 1.77 bits per heavy atom. The highest BCUT2D eigenvalue weighted by Gasteiger charge is 2.37. The molecule has 22 heavy (non-hydrogen) atoms. The Labute approximate surface area is 144 Å². The van der Waals surface area contributed by atoms with Gasteiger partial charge in [0.1, 0.15) is 0 Å². The molecule has 122 valence electrons. The molecule has 0 aliphatic carbocycles. The molecule has 0 N–H and O–H groups in total. The summed E-state index contributed by atoms with van der Waals surface area (Å²) in [5.74, 6) is 1.53. The highest BCUT2D eigenvalue weighted by atomic mass is 35.5. The number of piperidine rings is 3. The molecule has 0 saturated carbocycles. The molecule has 0 spiro atoms. The fourth-order valence-electron chi connectivity index (χ4n) is 4.07. The van der Waals surface area contributed by atoms with Crippen LogP contribution in [0.15, 0.2) is 18.2 Å². The number of fused-ring (bicyclic) bond motifs is 3. The first-order valence-electron chi connectivity index (χ1n) is 8.42. The Kier molecular flexibility index (Phi) is 5.34. The van der Waals surface area contributed by atoms with Crippen LogP contribution in [0.3, 0.4) is 0 Å². The van der Waals surface area contributed by atoms with Crippen molar-refractivity contribution in [1.82, 2.24) is 9.80 Å². The van der Waals surface area contributed by atoms with Gasteiger partial charge >= 0.3 is 0 Å². The van der Waals surface area contributed by atoms with Crippen molar-refractivity contribution in [2.75, 3.05) is 26.2 Å². The maximum Gasteiger partial charge on any atom is 0.0424 e. The van der Waals surface area contributed by atoms with Gasteiger partial charge in [0.25, 0.3) is 0 Å². The van der Waals surface area contributed by atoms with Crippen molar-refractivity contribution in [1.29, 1.82) is 0 Å². The average Bonchev–Trinajstić information content (AvgIpc) is 2.46. The molecule has 4 heteroatoms. The standard InChI is InChI=1S/C18H26Cl2N2/c1-13(2)10-22(11-14-7-16(19)9-17(20)8-14)18-12-21-5-3-15(18)4-6-21/h7-9,13,15,18H,3-6,10-12H2,1-2H3. The number of rotatable bonds is 5. The summed E-state index contributed by atoms with van der Waals surface area (Å²) in [7, 11) is 0. The van der Waals surface area contributed by atoms with Gasteiger partial charge in [-0.1, -0.05) is 37.0 Å². The van der Waals surface area contributed by atoms with Crippen molar-refractivity contribution < 1.29 is 0 Å². The third kappa shape index (κ3) is 3.97. The third-order valence-corrected chi connectivity index (χ3v) is 5.43. The van der Waals surface area contributed by atoms with Crippen LogP contribution in [0.4, 0.5) is 0 Å². The molecule has 1 aromatic carbocycles. The topological polar surface area (TPSA) is 6.48 Å². The van der Waals surface area contributed by atoms with E-state index in [1.165, 1.54) is 38.0 Å². The van der Waals surface area contributed by atoms with E-state index in [4.69, 9.17) is 23.2 Å². The van der Waals surface area contributed by atoms with Gasteiger partial charge in [-0.15, -0.1) is 0 Å². The number of benzene rings is 1. The molecular weight excluding hydrogens is 315 g/mol. The van der Waals surface area contributed by atoms with E-state index in [-0.39, 0.29) is 0 Å². The zero-order chi connectivity index (χ0) is 15.7. The monoisotopic (exact) mass is 340 g/mol. The number of nitrogens with zero attached hydrogens (tertiary/aromatic N) is 2. The lowest BCUT2D eigenvalue weighted by Gasteiger charge is -2.49. The molecule has 0 aromatic heterocycles. The van der Waals surface area contributed by atoms with Gasteiger partial charge in [-0.3, -0.25) is 4.90 Å². The van der Waals surface area contributed by atoms with Gasteiger partial charge in [-0.05, 0) is 61.5 Å². The molecule has 3 aliphatic rings. The summed E-state index contributed by atoms with van der Waals surface area (Å²) in [5, 5.41) is 1.47. The van der Waals surface area contributed by atoms with Crippen LogP contribution in [0.1, 0.15) is 32.3 Å². The van der Waals surface area contributed by atoms with Gasteiger partial charge in [-0.25, -0.2) is 0 Å². The van der Waals surface area contributed by atoms with Crippen LogP contribution in [0, 0.1) is 11.8 Å². The normalized spacial score (nSPS) is 27.8. The van der Waals surface area contributed by atoms with Crippen molar-refractivity contribution in [3.63, 3.8) is 0 Å². The predicted molar refractivity (Wildman–Crippen MR) is 94.7 cm³/mol. The third-order valence-electron chi connectivity index (χ3n) is 5.00. The lowest BCUT2D eigenvalue weighted by Crippen LogP contribution is -2.57. The van der Waals surface area contributed by atoms with Crippen LogP contribution < -0.4 is 0 Å². The average molecular weight is 341 g/mol. The minimum Gasteiger partial charge on any atom is -0.302 e. The SMILES string of the molecule is CC(C)CN(Cc1cc(Cl)cc(Cl)c1)C1CN2CCC1CC2. The van der Waals surface area contributed by atoms with Crippen LogP contribution in [-0.4, -0.2) is 42.0 Å². The Morgan fingerprint density at radius 1 is 1.14 bits per heavy atom. The predicted octanol–water partition coefficient (Wildman–Crippen LogP) is 4.55. The molecule has 2 bridgehead atoms. The fraction of sp³-hybridized carbons (Fsp3) is 0.667. The number of hydrogen-bond donors (Lipinski definition) is 0. The highest BCUT2D eigenvalue weighted by molar-refractivity contribution is 6.34. The van der Waals surface area contributed by atoms with Gasteiger partial charge in [0.15, 0.2) is 0 Å². The molecule has 3 aliphatic heterocycles. The lowest BCUT2D eigenvalue weighted by molar-refractivity contribution is -0.00339. The van der Waals surface area contributed by atoms with E-state index in [2.05, 4.69) is 35.8 Å². The molecule has 2 nitrogen and oxygen atoms in total. The van der Waals surface area contributed by atoms with Crippen molar-refractivity contribution >= 4 is 23.2 Å². The molecule has 3 saturated heterocycles. The quantitative estimate of drug-likeness (QED) is 0.775. The van der Waals surface area contributed by atoms with Crippen molar-refractivity contribution in [3.8, 4) is 0 Å². The molecule has 3 fully saturated rings. The summed E-state index contributed by atoms with van der Waals surface area (Å²) in [6.07, 6.45) is 2.71. The van der Waals surface area contributed by atoms with Gasteiger partial charge in [0.05, 0.1) is 0 Å². The van der Waals surface area contributed by atoms with Crippen molar-refractivity contribution in [3.05, 3.63) is 33.8 Å². The van der Waals surface area contributed by atoms with E-state index in [1.807, 2.05) is 6.07 Å². The molecule has 3 heterocycles. The smallest absolute Gasteiger partial charge is 0.0424 e. The Balaban J connectivity index is 1.77. The summed E-state index contributed by atoms with van der Waals surface area (Å²) in [6.45, 7) is 10.5. The van der Waals surface area contributed by atoms with Gasteiger partial charge in [0.2, 0.25) is 0 Å². The fourth-order valence-corrected chi connectivity index (χ4v) is 4.64. The second-order valence-corrected chi connectivity index (χ2v) is 8.18. The van der Waals surface area contributed by atoms with Crippen LogP contribution in [0.5, 0.6) is 0 Å². The Hall–Kier alpha value is -0.280. The van der Waals surface area contributed by atoms with Crippen molar-refractivity contribution in [2.45, 2.75) is 39.3 Å². The zero-order valence-corrected chi connectivity index (χ0v) is 15.1. The summed E-state index contributed by atoms with van der Waals surface area (Å²) in [4.78, 5) is 5.30. The van der Waals surface area contributed by atoms with Crippen LogP contribution >= 0.6 is 23.2 Å². The maximum absolute atomic E-state index is 6.18. The molecule has 1 aromatic rings. The van der Waals surface area contributed by atoms with Crippen LogP contribution in [-0.2, 0) is 6.54 Å². The minimum absolute atomic E-state index is 0.671. The largest absolute Gasteiger partial charge is 0.302 e. The van der Waals surface area contributed by atoms with Crippen molar-refractivity contribution in [2.24, 2.45) is 11.8 Å². The van der Waals surface area contributed by atoms with E-state index in [0.717, 1.165) is 29.1 Å². The van der Waals surface area contributed by atoms with E-state index in [1.54, 1.807) is 0 Å². The van der Waals surface area contributed by atoms with Gasteiger partial charge < -0.3 is 4.90 Å². The Morgan fingerprint density at radius 3 is 2.27 bits per heavy atom. The van der Waals surface area contributed by atoms with Crippen LogP contribution in [0.25, 0.3) is 0 Å². The summed E-state index contributed by atoms with van der Waals surface area (Å²) < 4.78 is 0. The Bertz CT molecular complexity index is 490. The van der Waals surface area contributed by atoms with Crippen LogP contribution in [0.2, 0.25) is 10.0 Å². The molecule has 1 atom stereocenters. The summed E-state index contributed by atoms with van der Waals surface area (Å²) >= 11 is 12.4. The molecule has 4 rings (SSSR count). The van der Waals surface area contributed by atoms with E-state index in [0.29, 0.717) is 12.0 Å². The molecule has 0 radical (unpaired) electrons. The second-order valence-electron chi connectivity index (χ2n) is 7.31. The summed E-state index contributed by atoms with van der Waals surface area (Å²) in [6, 6.07) is 6.61. The summed E-state index contributed by atoms with van der Waals surface area (Å²) in [5.41, 5.74) is 1.23. The number of hydrogen-bond acceptors (Lipinski definition) is 2. The van der Waals surface area contributed by atoms with Gasteiger partial charge in [0, 0.05) is 35.7 Å².